The third kappa shape index (κ3) is 2.73. The van der Waals surface area contributed by atoms with Crippen LogP contribution in [0.3, 0.4) is 0 Å². The predicted molar refractivity (Wildman–Crippen MR) is 165 cm³/mol. The SMILES string of the molecule is C=CC1=C(C=C)C(C)(C)c2c(ccc3c2c2c4c(ccc2n3C)C(C)(C)c2ccccc2C4(C)C)C1(C)C. The van der Waals surface area contributed by atoms with Crippen molar-refractivity contribution < 1.29 is 0 Å². The van der Waals surface area contributed by atoms with Gasteiger partial charge in [-0.2, -0.15) is 0 Å². The first kappa shape index (κ1) is 25.0. The molecule has 0 radical (unpaired) electrons. The molecule has 0 fully saturated rings. The van der Waals surface area contributed by atoms with Gasteiger partial charge in [0.25, 0.3) is 0 Å². The molecule has 1 heteroatoms. The Hall–Kier alpha value is -3.32. The fraction of sp³-hybridized carbons (Fsp3) is 0.351. The minimum absolute atomic E-state index is 0.0797. The Labute approximate surface area is 228 Å². The van der Waals surface area contributed by atoms with Gasteiger partial charge in [0.2, 0.25) is 0 Å². The number of rotatable bonds is 2. The average Bonchev–Trinajstić information content (AvgIpc) is 3.16. The van der Waals surface area contributed by atoms with Crippen molar-refractivity contribution in [3.63, 3.8) is 0 Å². The number of fused-ring (bicyclic) bond motifs is 8. The van der Waals surface area contributed by atoms with Gasteiger partial charge in [-0.25, -0.2) is 0 Å². The molecule has 0 aliphatic heterocycles. The Morgan fingerprint density at radius 3 is 1.45 bits per heavy atom. The van der Waals surface area contributed by atoms with Crippen LogP contribution in [-0.4, -0.2) is 4.57 Å². The second kappa shape index (κ2) is 7.41. The van der Waals surface area contributed by atoms with Crippen molar-refractivity contribution in [2.24, 2.45) is 7.05 Å². The summed E-state index contributed by atoms with van der Waals surface area (Å²) >= 11 is 0. The maximum Gasteiger partial charge on any atom is 0.0492 e. The fourth-order valence-electron chi connectivity index (χ4n) is 8.25. The van der Waals surface area contributed by atoms with Crippen molar-refractivity contribution in [2.45, 2.75) is 77.0 Å². The third-order valence-electron chi connectivity index (χ3n) is 10.3. The standard InChI is InChI=1S/C37H41N/c1-12-22-23(13-2)36(7,8)32-26(34(22,3)4)18-20-28-30(32)31-29(38(28)11)21-19-27-33(31)37(9,10)25-17-15-14-16-24(25)35(27,5)6/h12-21H,1-2H2,3-11H3. The van der Waals surface area contributed by atoms with Crippen molar-refractivity contribution >= 4 is 21.8 Å². The first-order chi connectivity index (χ1) is 17.7. The topological polar surface area (TPSA) is 4.93 Å². The first-order valence-electron chi connectivity index (χ1n) is 13.9. The molecule has 1 nitrogen and oxygen atoms in total. The van der Waals surface area contributed by atoms with Gasteiger partial charge in [0.15, 0.2) is 0 Å². The van der Waals surface area contributed by atoms with Gasteiger partial charge in [-0.3, -0.25) is 0 Å². The van der Waals surface area contributed by atoms with Gasteiger partial charge in [0.1, 0.15) is 0 Å². The van der Waals surface area contributed by atoms with E-state index in [1.807, 2.05) is 0 Å². The Balaban J connectivity index is 1.88. The van der Waals surface area contributed by atoms with Gasteiger partial charge in [-0.15, -0.1) is 0 Å². The summed E-state index contributed by atoms with van der Waals surface area (Å²) in [6, 6.07) is 18.6. The molecule has 38 heavy (non-hydrogen) atoms. The van der Waals surface area contributed by atoms with Gasteiger partial charge in [0.05, 0.1) is 0 Å². The molecule has 4 aromatic rings. The molecule has 0 saturated carbocycles. The van der Waals surface area contributed by atoms with Crippen LogP contribution in [0.2, 0.25) is 0 Å². The van der Waals surface area contributed by atoms with E-state index in [0.29, 0.717) is 0 Å². The van der Waals surface area contributed by atoms with Crippen LogP contribution >= 0.6 is 0 Å². The molecule has 2 aliphatic carbocycles. The van der Waals surface area contributed by atoms with Gasteiger partial charge < -0.3 is 4.57 Å². The minimum atomic E-state index is -0.209. The molecule has 0 amide bonds. The van der Waals surface area contributed by atoms with E-state index < -0.39 is 0 Å². The highest BCUT2D eigenvalue weighted by atomic mass is 14.9. The summed E-state index contributed by atoms with van der Waals surface area (Å²) in [5.74, 6) is 0. The molecular weight excluding hydrogens is 458 g/mol. The van der Waals surface area contributed by atoms with Crippen LogP contribution in [-0.2, 0) is 28.7 Å². The molecule has 6 rings (SSSR count). The molecule has 1 aromatic heterocycles. The number of hydrogen-bond acceptors (Lipinski definition) is 0. The maximum absolute atomic E-state index is 4.29. The number of allylic oxidation sites excluding steroid dienone is 4. The molecule has 0 atom stereocenters. The van der Waals surface area contributed by atoms with E-state index in [1.54, 1.807) is 0 Å². The number of nitrogens with zero attached hydrogens (tertiary/aromatic N) is 1. The third-order valence-corrected chi connectivity index (χ3v) is 10.3. The lowest BCUT2D eigenvalue weighted by molar-refractivity contribution is 0.523. The summed E-state index contributed by atoms with van der Waals surface area (Å²) in [6.07, 6.45) is 4.13. The van der Waals surface area contributed by atoms with Gasteiger partial charge in [-0.1, -0.05) is 117 Å². The molecule has 0 spiro atoms. The maximum atomic E-state index is 4.29. The van der Waals surface area contributed by atoms with E-state index in [4.69, 9.17) is 0 Å². The van der Waals surface area contributed by atoms with Gasteiger partial charge >= 0.3 is 0 Å². The van der Waals surface area contributed by atoms with E-state index in [9.17, 15) is 0 Å². The minimum Gasteiger partial charge on any atom is -0.344 e. The van der Waals surface area contributed by atoms with E-state index in [1.165, 1.54) is 66.3 Å². The molecule has 0 saturated heterocycles. The van der Waals surface area contributed by atoms with Crippen LogP contribution in [0, 0.1) is 0 Å². The molecule has 2 aliphatic rings. The number of aromatic nitrogens is 1. The second-order valence-corrected chi connectivity index (χ2v) is 13.6. The van der Waals surface area contributed by atoms with Crippen LogP contribution in [0.5, 0.6) is 0 Å². The van der Waals surface area contributed by atoms with Crippen molar-refractivity contribution in [3.8, 4) is 0 Å². The number of aryl methyl sites for hydroxylation is 1. The largest absolute Gasteiger partial charge is 0.344 e. The van der Waals surface area contributed by atoms with Crippen molar-refractivity contribution in [1.82, 2.24) is 4.57 Å². The summed E-state index contributed by atoms with van der Waals surface area (Å²) in [6.45, 7) is 27.6. The first-order valence-corrected chi connectivity index (χ1v) is 13.9. The highest BCUT2D eigenvalue weighted by molar-refractivity contribution is 6.14. The van der Waals surface area contributed by atoms with E-state index in [0.717, 1.165) is 0 Å². The van der Waals surface area contributed by atoms with Gasteiger partial charge in [0, 0.05) is 50.5 Å². The molecular formula is C37H41N. The summed E-state index contributed by atoms with van der Waals surface area (Å²) in [5, 5.41) is 2.82. The van der Waals surface area contributed by atoms with Crippen LogP contribution < -0.4 is 0 Å². The number of hydrogen-bond donors (Lipinski definition) is 0. The monoisotopic (exact) mass is 499 g/mol. The Morgan fingerprint density at radius 2 is 0.947 bits per heavy atom. The van der Waals surface area contributed by atoms with E-state index in [-0.39, 0.29) is 21.7 Å². The summed E-state index contributed by atoms with van der Waals surface area (Å²) in [7, 11) is 2.23. The molecule has 0 unspecified atom stereocenters. The Morgan fingerprint density at radius 1 is 0.526 bits per heavy atom. The highest BCUT2D eigenvalue weighted by Gasteiger charge is 2.46. The highest BCUT2D eigenvalue weighted by Crippen LogP contribution is 2.57. The zero-order chi connectivity index (χ0) is 27.6. The molecule has 0 N–H and O–H groups in total. The molecule has 194 valence electrons. The second-order valence-electron chi connectivity index (χ2n) is 13.6. The van der Waals surface area contributed by atoms with Crippen LogP contribution in [0.15, 0.2) is 85.0 Å². The Kier molecular flexibility index (Phi) is 4.87. The lowest BCUT2D eigenvalue weighted by atomic mass is 9.57. The zero-order valence-electron chi connectivity index (χ0n) is 24.6. The van der Waals surface area contributed by atoms with Crippen LogP contribution in [0.4, 0.5) is 0 Å². The quantitative estimate of drug-likeness (QED) is 0.259. The molecule has 0 bridgehead atoms. The smallest absolute Gasteiger partial charge is 0.0492 e. The fourth-order valence-corrected chi connectivity index (χ4v) is 8.25. The predicted octanol–water partition coefficient (Wildman–Crippen LogP) is 9.53. The zero-order valence-corrected chi connectivity index (χ0v) is 24.6. The molecule has 3 aromatic carbocycles. The van der Waals surface area contributed by atoms with E-state index in [2.05, 4.69) is 141 Å². The van der Waals surface area contributed by atoms with Crippen molar-refractivity contribution in [2.75, 3.05) is 0 Å². The lowest BCUT2D eigenvalue weighted by Gasteiger charge is -2.46. The van der Waals surface area contributed by atoms with Crippen LogP contribution in [0.25, 0.3) is 21.8 Å². The van der Waals surface area contributed by atoms with Crippen molar-refractivity contribution in [1.29, 1.82) is 0 Å². The molecule has 1 heterocycles. The van der Waals surface area contributed by atoms with Crippen LogP contribution in [0.1, 0.15) is 88.8 Å². The summed E-state index contributed by atoms with van der Waals surface area (Å²) < 4.78 is 2.41. The number of benzene rings is 3. The average molecular weight is 500 g/mol. The lowest BCUT2D eigenvalue weighted by Crippen LogP contribution is -2.37. The van der Waals surface area contributed by atoms with E-state index >= 15 is 0 Å². The Bertz CT molecular complexity index is 1740. The summed E-state index contributed by atoms with van der Waals surface area (Å²) in [5.41, 5.74) is 13.2. The summed E-state index contributed by atoms with van der Waals surface area (Å²) in [4.78, 5) is 0. The normalized spacial score (nSPS) is 20.1. The van der Waals surface area contributed by atoms with Crippen molar-refractivity contribution in [3.05, 3.63) is 118 Å². The van der Waals surface area contributed by atoms with Gasteiger partial charge in [-0.05, 0) is 56.7 Å².